The molecule has 10 N–H and O–H groups in total. The Morgan fingerprint density at radius 1 is 0.809 bits per heavy atom. The van der Waals surface area contributed by atoms with Gasteiger partial charge in [0.25, 0.3) is 0 Å². The molecule has 1 aromatic heterocycles. The lowest BCUT2D eigenvalue weighted by Crippen LogP contribution is -2.57. The van der Waals surface area contributed by atoms with E-state index in [1.807, 2.05) is 68.4 Å². The molecule has 254 valence electrons. The molecule has 3 aromatic rings. The number of hydrogen-bond donors (Lipinski definition) is 8. The molecular weight excluding hydrogens is 602 g/mol. The van der Waals surface area contributed by atoms with Crippen LogP contribution in [0.2, 0.25) is 0 Å². The molecule has 0 bridgehead atoms. The van der Waals surface area contributed by atoms with E-state index in [-0.39, 0.29) is 25.2 Å². The topological polar surface area (TPSA) is 222 Å². The molecule has 0 aliphatic heterocycles. The van der Waals surface area contributed by atoms with Crippen LogP contribution in [-0.2, 0) is 36.8 Å². The van der Waals surface area contributed by atoms with Crippen LogP contribution < -0.4 is 32.9 Å². The fourth-order valence-corrected chi connectivity index (χ4v) is 5.52. The van der Waals surface area contributed by atoms with E-state index >= 15 is 0 Å². The SMILES string of the molecule is CC(C)C[C@H](CC(=O)NO)C(=O)N[C@@H](Cc1c[nH]c2ccccc12)C(=O)N[C@@H](Cc1ccccc1)C(=O)N[C@@H](CCCCN)C(N)=O. The number of H-pyrrole nitrogens is 1. The average molecular weight is 650 g/mol. The minimum atomic E-state index is -1.14. The van der Waals surface area contributed by atoms with Gasteiger partial charge >= 0.3 is 0 Å². The molecule has 1 heterocycles. The van der Waals surface area contributed by atoms with Crippen molar-refractivity contribution in [1.82, 2.24) is 26.4 Å². The summed E-state index contributed by atoms with van der Waals surface area (Å²) in [6, 6.07) is 13.4. The Bertz CT molecular complexity index is 1490. The van der Waals surface area contributed by atoms with E-state index in [0.717, 1.165) is 22.0 Å². The highest BCUT2D eigenvalue weighted by molar-refractivity contribution is 5.95. The van der Waals surface area contributed by atoms with Gasteiger partial charge < -0.3 is 32.4 Å². The van der Waals surface area contributed by atoms with Crippen molar-refractivity contribution < 1.29 is 29.2 Å². The van der Waals surface area contributed by atoms with Crippen LogP contribution in [0.15, 0.2) is 60.8 Å². The number of aromatic nitrogens is 1. The standard InChI is InChI=1S/C34H47N7O6/c1-21(2)16-23(19-30(42)41-47)32(44)39-29(18-24-20-37-26-13-7-6-12-25(24)26)34(46)40-28(17-22-10-4-3-5-11-22)33(45)38-27(31(36)43)14-8-9-15-35/h3-7,10-13,20-21,23,27-29,37,47H,8-9,14-19,35H2,1-2H3,(H2,36,43)(H,38,45)(H,39,44)(H,40,46)(H,41,42)/t23-,27+,28+,29+/m1/s1. The summed E-state index contributed by atoms with van der Waals surface area (Å²) >= 11 is 0. The number of carbonyl (C=O) groups excluding carboxylic acids is 5. The van der Waals surface area contributed by atoms with E-state index in [0.29, 0.717) is 32.2 Å². The van der Waals surface area contributed by atoms with Crippen LogP contribution in [-0.4, -0.2) is 64.4 Å². The number of para-hydroxylation sites is 1. The number of hydroxylamine groups is 1. The van der Waals surface area contributed by atoms with Gasteiger partial charge in [0, 0.05) is 42.3 Å². The molecular formula is C34H47N7O6. The van der Waals surface area contributed by atoms with Crippen molar-refractivity contribution in [1.29, 1.82) is 0 Å². The molecule has 0 unspecified atom stereocenters. The van der Waals surface area contributed by atoms with E-state index in [1.165, 1.54) is 0 Å². The molecule has 0 radical (unpaired) electrons. The summed E-state index contributed by atoms with van der Waals surface area (Å²) in [4.78, 5) is 68.7. The number of carbonyl (C=O) groups is 5. The summed E-state index contributed by atoms with van der Waals surface area (Å²) < 4.78 is 0. The monoisotopic (exact) mass is 649 g/mol. The largest absolute Gasteiger partial charge is 0.368 e. The first-order valence-corrected chi connectivity index (χ1v) is 15.9. The highest BCUT2D eigenvalue weighted by Gasteiger charge is 2.32. The number of nitrogens with two attached hydrogens (primary N) is 2. The van der Waals surface area contributed by atoms with Crippen LogP contribution in [0.3, 0.4) is 0 Å². The van der Waals surface area contributed by atoms with Gasteiger partial charge in [-0.3, -0.25) is 29.2 Å². The van der Waals surface area contributed by atoms with Crippen molar-refractivity contribution in [3.05, 3.63) is 71.9 Å². The molecule has 13 nitrogen and oxygen atoms in total. The Hall–Kier alpha value is -4.75. The molecule has 0 aliphatic rings. The Kier molecular flexibility index (Phi) is 14.4. The van der Waals surface area contributed by atoms with Crippen LogP contribution in [0.5, 0.6) is 0 Å². The smallest absolute Gasteiger partial charge is 0.244 e. The second-order valence-corrected chi connectivity index (χ2v) is 12.2. The van der Waals surface area contributed by atoms with E-state index in [9.17, 15) is 24.0 Å². The summed E-state index contributed by atoms with van der Waals surface area (Å²) in [6.45, 7) is 4.23. The minimum absolute atomic E-state index is 0.0418. The lowest BCUT2D eigenvalue weighted by molar-refractivity contribution is -0.137. The van der Waals surface area contributed by atoms with Gasteiger partial charge in [0.2, 0.25) is 29.5 Å². The molecule has 13 heteroatoms. The van der Waals surface area contributed by atoms with Crippen molar-refractivity contribution in [3.8, 4) is 0 Å². The molecule has 2 aromatic carbocycles. The number of benzene rings is 2. The van der Waals surface area contributed by atoms with Crippen LogP contribution in [0.1, 0.15) is 57.1 Å². The van der Waals surface area contributed by atoms with E-state index in [2.05, 4.69) is 20.9 Å². The van der Waals surface area contributed by atoms with Gasteiger partial charge in [-0.25, -0.2) is 5.48 Å². The second-order valence-electron chi connectivity index (χ2n) is 12.2. The number of hydrogen-bond acceptors (Lipinski definition) is 7. The van der Waals surface area contributed by atoms with Gasteiger partial charge in [-0.1, -0.05) is 62.4 Å². The molecule has 0 saturated carbocycles. The Labute approximate surface area is 274 Å². The molecule has 47 heavy (non-hydrogen) atoms. The Morgan fingerprint density at radius 3 is 2.06 bits per heavy atom. The van der Waals surface area contributed by atoms with E-state index in [1.54, 1.807) is 11.7 Å². The quantitative estimate of drug-likeness (QED) is 0.0544. The third-order valence-corrected chi connectivity index (χ3v) is 7.94. The first-order chi connectivity index (χ1) is 22.5. The van der Waals surface area contributed by atoms with E-state index < -0.39 is 53.6 Å². The van der Waals surface area contributed by atoms with Crippen molar-refractivity contribution in [2.75, 3.05) is 6.54 Å². The van der Waals surface area contributed by atoms with Crippen LogP contribution in [0, 0.1) is 11.8 Å². The summed E-state index contributed by atoms with van der Waals surface area (Å²) in [5.74, 6) is -3.98. The zero-order valence-electron chi connectivity index (χ0n) is 27.0. The van der Waals surface area contributed by atoms with Gasteiger partial charge in [0.05, 0.1) is 0 Å². The van der Waals surface area contributed by atoms with Crippen molar-refractivity contribution in [2.24, 2.45) is 23.3 Å². The summed E-state index contributed by atoms with van der Waals surface area (Å²) in [6.07, 6.45) is 3.51. The third-order valence-electron chi connectivity index (χ3n) is 7.94. The van der Waals surface area contributed by atoms with Crippen LogP contribution in [0.4, 0.5) is 0 Å². The number of nitrogens with one attached hydrogen (secondary N) is 5. The number of aromatic amines is 1. The lowest BCUT2D eigenvalue weighted by atomic mass is 9.92. The maximum absolute atomic E-state index is 14.1. The fourth-order valence-electron chi connectivity index (χ4n) is 5.52. The molecule has 5 amide bonds. The van der Waals surface area contributed by atoms with Crippen LogP contribution >= 0.6 is 0 Å². The van der Waals surface area contributed by atoms with Crippen molar-refractivity contribution >= 4 is 40.4 Å². The highest BCUT2D eigenvalue weighted by Crippen LogP contribution is 2.21. The number of primary amides is 1. The van der Waals surface area contributed by atoms with Gasteiger partial charge in [-0.05, 0) is 55.3 Å². The van der Waals surface area contributed by atoms with Crippen LogP contribution in [0.25, 0.3) is 10.9 Å². The van der Waals surface area contributed by atoms with Crippen molar-refractivity contribution in [3.63, 3.8) is 0 Å². The predicted octanol–water partition coefficient (Wildman–Crippen LogP) is 1.58. The number of unbranched alkanes of at least 4 members (excludes halogenated alkanes) is 1. The zero-order chi connectivity index (χ0) is 34.3. The van der Waals surface area contributed by atoms with Gasteiger partial charge in [0.15, 0.2) is 0 Å². The highest BCUT2D eigenvalue weighted by atomic mass is 16.5. The van der Waals surface area contributed by atoms with Gasteiger partial charge in [-0.2, -0.15) is 0 Å². The molecule has 0 spiro atoms. The lowest BCUT2D eigenvalue weighted by Gasteiger charge is -2.26. The minimum Gasteiger partial charge on any atom is -0.368 e. The first-order valence-electron chi connectivity index (χ1n) is 15.9. The third kappa shape index (κ3) is 11.5. The number of amides is 5. The molecule has 0 saturated heterocycles. The first kappa shape index (κ1) is 36.7. The Balaban J connectivity index is 1.92. The van der Waals surface area contributed by atoms with Crippen molar-refractivity contribution in [2.45, 2.75) is 76.9 Å². The maximum atomic E-state index is 14.1. The zero-order valence-corrected chi connectivity index (χ0v) is 27.0. The summed E-state index contributed by atoms with van der Waals surface area (Å²) in [7, 11) is 0. The number of rotatable bonds is 19. The maximum Gasteiger partial charge on any atom is 0.244 e. The summed E-state index contributed by atoms with van der Waals surface area (Å²) in [5.41, 5.74) is 15.1. The average Bonchev–Trinajstić information content (AvgIpc) is 3.46. The second kappa shape index (κ2) is 18.4. The summed E-state index contributed by atoms with van der Waals surface area (Å²) in [5, 5.41) is 18.3. The normalized spacial score (nSPS) is 13.7. The predicted molar refractivity (Wildman–Crippen MR) is 178 cm³/mol. The molecule has 0 aliphatic carbocycles. The van der Waals surface area contributed by atoms with Gasteiger partial charge in [-0.15, -0.1) is 0 Å². The molecule has 0 fully saturated rings. The fraction of sp³-hybridized carbons (Fsp3) is 0.441. The van der Waals surface area contributed by atoms with Gasteiger partial charge in [0.1, 0.15) is 18.1 Å². The number of fused-ring (bicyclic) bond motifs is 1. The molecule has 4 atom stereocenters. The van der Waals surface area contributed by atoms with E-state index in [4.69, 9.17) is 16.7 Å². The molecule has 3 rings (SSSR count). The Morgan fingerprint density at radius 2 is 1.43 bits per heavy atom.